The molecule has 0 radical (unpaired) electrons. The van der Waals surface area contributed by atoms with Crippen LogP contribution in [-0.2, 0) is 14.8 Å². The van der Waals surface area contributed by atoms with Crippen LogP contribution in [0.4, 0.5) is 0 Å². The molecule has 0 aromatic carbocycles. The second kappa shape index (κ2) is 7.69. The highest BCUT2D eigenvalue weighted by Crippen LogP contribution is 2.24. The largest absolute Gasteiger partial charge is 0.378 e. The lowest BCUT2D eigenvalue weighted by atomic mass is 10.1. The lowest BCUT2D eigenvalue weighted by molar-refractivity contribution is 0.0322. The van der Waals surface area contributed by atoms with Gasteiger partial charge in [0.2, 0.25) is 10.0 Å². The maximum Gasteiger partial charge on any atom is 0.241 e. The van der Waals surface area contributed by atoms with Gasteiger partial charge >= 0.3 is 0 Å². The molecule has 0 spiro atoms. The summed E-state index contributed by atoms with van der Waals surface area (Å²) in [6.45, 7) is 6.80. The normalized spacial score (nSPS) is 17.2. The third-order valence-electron chi connectivity index (χ3n) is 3.54. The quantitative estimate of drug-likeness (QED) is 0.747. The number of sulfonamides is 1. The summed E-state index contributed by atoms with van der Waals surface area (Å²) in [7, 11) is -3.38. The molecule has 2 rings (SSSR count). The van der Waals surface area contributed by atoms with Crippen molar-refractivity contribution in [3.8, 4) is 0 Å². The van der Waals surface area contributed by atoms with Crippen molar-refractivity contribution in [3.05, 3.63) is 15.8 Å². The number of hydrogen-bond acceptors (Lipinski definition) is 5. The third kappa shape index (κ3) is 5.03. The van der Waals surface area contributed by atoms with Crippen LogP contribution in [0.15, 0.2) is 11.0 Å². The van der Waals surface area contributed by atoms with Crippen molar-refractivity contribution < 1.29 is 13.2 Å². The van der Waals surface area contributed by atoms with Crippen LogP contribution in [0.3, 0.4) is 0 Å². The zero-order valence-electron chi connectivity index (χ0n) is 12.6. The summed E-state index contributed by atoms with van der Waals surface area (Å²) in [5, 5.41) is 3.29. The zero-order chi connectivity index (χ0) is 15.3. The summed E-state index contributed by atoms with van der Waals surface area (Å²) >= 11 is 1.51. The molecule has 7 heteroatoms. The molecule has 1 aromatic rings. The van der Waals surface area contributed by atoms with Gasteiger partial charge in [0.15, 0.2) is 0 Å². The van der Waals surface area contributed by atoms with E-state index in [9.17, 15) is 8.42 Å². The summed E-state index contributed by atoms with van der Waals surface area (Å²) < 4.78 is 32.8. The van der Waals surface area contributed by atoms with Gasteiger partial charge in [-0.05, 0) is 52.3 Å². The third-order valence-corrected chi connectivity index (χ3v) is 6.22. The molecule has 5 nitrogen and oxygen atoms in total. The van der Waals surface area contributed by atoms with Crippen LogP contribution in [0, 0.1) is 13.8 Å². The van der Waals surface area contributed by atoms with E-state index in [1.807, 2.05) is 13.8 Å². The van der Waals surface area contributed by atoms with E-state index in [-0.39, 0.29) is 0 Å². The van der Waals surface area contributed by atoms with Gasteiger partial charge < -0.3 is 10.1 Å². The molecule has 2 N–H and O–H groups in total. The zero-order valence-corrected chi connectivity index (χ0v) is 14.3. The minimum atomic E-state index is -3.38. The first kappa shape index (κ1) is 16.9. The Morgan fingerprint density at radius 1 is 1.38 bits per heavy atom. The van der Waals surface area contributed by atoms with E-state index in [1.165, 1.54) is 11.3 Å². The van der Waals surface area contributed by atoms with Crippen LogP contribution in [0.5, 0.6) is 0 Å². The highest BCUT2D eigenvalue weighted by atomic mass is 32.2. The van der Waals surface area contributed by atoms with Crippen LogP contribution >= 0.6 is 11.3 Å². The van der Waals surface area contributed by atoms with Crippen molar-refractivity contribution in [1.29, 1.82) is 0 Å². The molecule has 1 aliphatic rings. The van der Waals surface area contributed by atoms with E-state index in [0.717, 1.165) is 35.7 Å². The lowest BCUT2D eigenvalue weighted by Crippen LogP contribution is -2.33. The monoisotopic (exact) mass is 332 g/mol. The number of piperidine rings is 1. The van der Waals surface area contributed by atoms with Crippen LogP contribution in [-0.4, -0.2) is 40.8 Å². The van der Waals surface area contributed by atoms with Gasteiger partial charge in [-0.1, -0.05) is 0 Å². The smallest absolute Gasteiger partial charge is 0.241 e. The van der Waals surface area contributed by atoms with Gasteiger partial charge in [-0.3, -0.25) is 0 Å². The van der Waals surface area contributed by atoms with E-state index in [1.54, 1.807) is 6.07 Å². The Bertz CT molecular complexity index is 549. The highest BCUT2D eigenvalue weighted by molar-refractivity contribution is 7.89. The van der Waals surface area contributed by atoms with Crippen molar-refractivity contribution in [2.45, 2.75) is 44.1 Å². The maximum atomic E-state index is 12.2. The van der Waals surface area contributed by atoms with Gasteiger partial charge in [-0.2, -0.15) is 0 Å². The SMILES string of the molecule is Cc1cc(S(=O)(=O)NCCCOC2CCNCC2)c(C)s1. The van der Waals surface area contributed by atoms with Gasteiger partial charge in [0.05, 0.1) is 11.0 Å². The predicted octanol–water partition coefficient (Wildman–Crippen LogP) is 1.80. The van der Waals surface area contributed by atoms with E-state index >= 15 is 0 Å². The van der Waals surface area contributed by atoms with Crippen molar-refractivity contribution in [3.63, 3.8) is 0 Å². The summed E-state index contributed by atoms with van der Waals surface area (Å²) in [4.78, 5) is 2.26. The minimum absolute atomic E-state index is 0.324. The molecule has 1 fully saturated rings. The van der Waals surface area contributed by atoms with Crippen molar-refractivity contribution >= 4 is 21.4 Å². The van der Waals surface area contributed by atoms with Gasteiger partial charge in [-0.15, -0.1) is 11.3 Å². The molecule has 1 aliphatic heterocycles. The second-order valence-corrected chi connectivity index (χ2v) is 8.54. The Kier molecular flexibility index (Phi) is 6.19. The molecule has 0 atom stereocenters. The summed E-state index contributed by atoms with van der Waals surface area (Å²) in [6, 6.07) is 1.73. The van der Waals surface area contributed by atoms with Gasteiger partial charge in [0.1, 0.15) is 0 Å². The van der Waals surface area contributed by atoms with Crippen molar-refractivity contribution in [1.82, 2.24) is 10.0 Å². The standard InChI is InChI=1S/C14H24N2O3S2/c1-11-10-14(12(2)20-11)21(17,18)16-6-3-9-19-13-4-7-15-8-5-13/h10,13,15-16H,3-9H2,1-2H3. The highest BCUT2D eigenvalue weighted by Gasteiger charge is 2.18. The molecule has 1 aromatic heterocycles. The van der Waals surface area contributed by atoms with E-state index in [4.69, 9.17) is 4.74 Å². The molecule has 21 heavy (non-hydrogen) atoms. The molecule has 0 bridgehead atoms. The van der Waals surface area contributed by atoms with Gasteiger partial charge in [-0.25, -0.2) is 13.1 Å². The number of ether oxygens (including phenoxy) is 1. The van der Waals surface area contributed by atoms with E-state index in [0.29, 0.717) is 30.6 Å². The molecular weight excluding hydrogens is 308 g/mol. The van der Waals surface area contributed by atoms with Crippen LogP contribution in [0.2, 0.25) is 0 Å². The molecule has 0 unspecified atom stereocenters. The molecular formula is C14H24N2O3S2. The summed E-state index contributed by atoms with van der Waals surface area (Å²) in [6.07, 6.45) is 3.11. The van der Waals surface area contributed by atoms with Crippen LogP contribution in [0.1, 0.15) is 29.0 Å². The number of hydrogen-bond donors (Lipinski definition) is 2. The van der Waals surface area contributed by atoms with Crippen LogP contribution < -0.4 is 10.0 Å². The number of rotatable bonds is 7. The summed E-state index contributed by atoms with van der Waals surface area (Å²) in [5.74, 6) is 0. The molecule has 2 heterocycles. The van der Waals surface area contributed by atoms with E-state index < -0.39 is 10.0 Å². The van der Waals surface area contributed by atoms with Crippen LogP contribution in [0.25, 0.3) is 0 Å². The predicted molar refractivity (Wildman–Crippen MR) is 85.4 cm³/mol. The summed E-state index contributed by atoms with van der Waals surface area (Å²) in [5.41, 5.74) is 0. The average molecular weight is 332 g/mol. The second-order valence-electron chi connectivity index (χ2n) is 5.35. The molecule has 1 saturated heterocycles. The Morgan fingerprint density at radius 2 is 2.10 bits per heavy atom. The number of aryl methyl sites for hydroxylation is 2. The molecule has 0 saturated carbocycles. The molecule has 0 aliphatic carbocycles. The van der Waals surface area contributed by atoms with E-state index in [2.05, 4.69) is 10.0 Å². The number of nitrogens with one attached hydrogen (secondary N) is 2. The first-order valence-corrected chi connectivity index (χ1v) is 9.68. The Morgan fingerprint density at radius 3 is 2.71 bits per heavy atom. The first-order chi connectivity index (χ1) is 9.99. The van der Waals surface area contributed by atoms with Crippen molar-refractivity contribution in [2.75, 3.05) is 26.2 Å². The average Bonchev–Trinajstić information content (AvgIpc) is 2.79. The molecule has 0 amide bonds. The van der Waals surface area contributed by atoms with Gasteiger partial charge in [0.25, 0.3) is 0 Å². The van der Waals surface area contributed by atoms with Crippen molar-refractivity contribution in [2.24, 2.45) is 0 Å². The Labute approximate surface area is 131 Å². The topological polar surface area (TPSA) is 67.4 Å². The fourth-order valence-corrected chi connectivity index (χ4v) is 5.07. The fourth-order valence-electron chi connectivity index (χ4n) is 2.44. The number of thiophene rings is 1. The van der Waals surface area contributed by atoms with Gasteiger partial charge in [0, 0.05) is 22.9 Å². The first-order valence-electron chi connectivity index (χ1n) is 7.38. The Hall–Kier alpha value is -0.470. The lowest BCUT2D eigenvalue weighted by Gasteiger charge is -2.22. The fraction of sp³-hybridized carbons (Fsp3) is 0.714. The Balaban J connectivity index is 1.71. The maximum absolute atomic E-state index is 12.2. The molecule has 120 valence electrons. The minimum Gasteiger partial charge on any atom is -0.378 e.